The van der Waals surface area contributed by atoms with Gasteiger partial charge in [0, 0.05) is 32.1 Å². The number of hydrogen-bond acceptors (Lipinski definition) is 3. The van der Waals surface area contributed by atoms with Crippen LogP contribution >= 0.6 is 0 Å². The van der Waals surface area contributed by atoms with E-state index in [-0.39, 0.29) is 11.9 Å². The Morgan fingerprint density at radius 1 is 1.20 bits per heavy atom. The first-order valence-corrected chi connectivity index (χ1v) is 8.24. The van der Waals surface area contributed by atoms with E-state index in [0.717, 1.165) is 38.8 Å². The van der Waals surface area contributed by atoms with E-state index in [0.29, 0.717) is 13.0 Å². The van der Waals surface area contributed by atoms with Crippen molar-refractivity contribution in [3.8, 4) is 0 Å². The van der Waals surface area contributed by atoms with Crippen LogP contribution in [0.25, 0.3) is 0 Å². The molecule has 1 fully saturated rings. The summed E-state index contributed by atoms with van der Waals surface area (Å²) in [6, 6.07) is 0.121. The van der Waals surface area contributed by atoms with Gasteiger partial charge >= 0.3 is 0 Å². The number of amides is 1. The van der Waals surface area contributed by atoms with Crippen molar-refractivity contribution in [1.82, 2.24) is 10.2 Å². The lowest BCUT2D eigenvalue weighted by Gasteiger charge is -2.28. The molecule has 1 rings (SSSR count). The summed E-state index contributed by atoms with van der Waals surface area (Å²) in [6.45, 7) is 8.42. The van der Waals surface area contributed by atoms with E-state index in [1.807, 2.05) is 25.7 Å². The number of hydrogen-bond donors (Lipinski definition) is 2. The predicted molar refractivity (Wildman–Crippen MR) is 82.7 cm³/mol. The van der Waals surface area contributed by atoms with Crippen molar-refractivity contribution in [2.45, 2.75) is 77.4 Å². The van der Waals surface area contributed by atoms with Gasteiger partial charge in [-0.05, 0) is 32.6 Å². The van der Waals surface area contributed by atoms with Crippen LogP contribution in [0.3, 0.4) is 0 Å². The summed E-state index contributed by atoms with van der Waals surface area (Å²) < 4.78 is 0. The third-order valence-corrected chi connectivity index (χ3v) is 4.54. The largest absolute Gasteiger partial charge is 0.389 e. The average Bonchev–Trinajstić information content (AvgIpc) is 2.74. The number of carbonyl (C=O) groups is 1. The van der Waals surface area contributed by atoms with Gasteiger partial charge in [-0.2, -0.15) is 0 Å². The Morgan fingerprint density at radius 3 is 2.25 bits per heavy atom. The van der Waals surface area contributed by atoms with Crippen LogP contribution in [0.5, 0.6) is 0 Å². The van der Waals surface area contributed by atoms with Crippen LogP contribution in [0.2, 0.25) is 0 Å². The minimum absolute atomic E-state index is 0.121. The van der Waals surface area contributed by atoms with Crippen molar-refractivity contribution in [3.05, 3.63) is 0 Å². The Kier molecular flexibility index (Phi) is 7.52. The monoisotopic (exact) mass is 284 g/mol. The molecule has 1 aliphatic rings. The Hall–Kier alpha value is -0.610. The lowest BCUT2D eigenvalue weighted by molar-refractivity contribution is -0.131. The van der Waals surface area contributed by atoms with E-state index in [4.69, 9.17) is 0 Å². The van der Waals surface area contributed by atoms with Crippen molar-refractivity contribution in [3.63, 3.8) is 0 Å². The third-order valence-electron chi connectivity index (χ3n) is 4.54. The predicted octanol–water partition coefficient (Wildman–Crippen LogP) is 2.31. The molecule has 0 spiro atoms. The van der Waals surface area contributed by atoms with Crippen molar-refractivity contribution in [1.29, 1.82) is 0 Å². The highest BCUT2D eigenvalue weighted by Crippen LogP contribution is 2.14. The van der Waals surface area contributed by atoms with Gasteiger partial charge in [0.05, 0.1) is 5.60 Å². The van der Waals surface area contributed by atoms with Crippen LogP contribution in [0.1, 0.15) is 65.7 Å². The summed E-state index contributed by atoms with van der Waals surface area (Å²) >= 11 is 0. The Morgan fingerprint density at radius 2 is 1.75 bits per heavy atom. The molecule has 1 saturated heterocycles. The molecule has 4 heteroatoms. The summed E-state index contributed by atoms with van der Waals surface area (Å²) in [7, 11) is 0. The fraction of sp³-hybridized carbons (Fsp3) is 0.938. The van der Waals surface area contributed by atoms with Gasteiger partial charge in [0.2, 0.25) is 5.91 Å². The highest BCUT2D eigenvalue weighted by atomic mass is 16.3. The topological polar surface area (TPSA) is 52.6 Å². The Labute approximate surface area is 123 Å². The molecule has 0 radical (unpaired) electrons. The summed E-state index contributed by atoms with van der Waals surface area (Å²) in [6.07, 6.45) is 6.78. The highest BCUT2D eigenvalue weighted by molar-refractivity contribution is 5.76. The molecule has 118 valence electrons. The zero-order chi connectivity index (χ0) is 15.0. The van der Waals surface area contributed by atoms with Gasteiger partial charge in [0.25, 0.3) is 0 Å². The first kappa shape index (κ1) is 17.4. The molecule has 20 heavy (non-hydrogen) atoms. The first-order valence-electron chi connectivity index (χ1n) is 8.24. The SMILES string of the molecule is CCC(O)(CC)CNC(C)CC(=O)N1CCCCCC1. The molecule has 0 aromatic rings. The number of rotatable bonds is 7. The van der Waals surface area contributed by atoms with Crippen LogP contribution in [-0.2, 0) is 4.79 Å². The highest BCUT2D eigenvalue weighted by Gasteiger charge is 2.24. The van der Waals surface area contributed by atoms with E-state index in [1.54, 1.807) is 0 Å². The molecule has 1 heterocycles. The standard InChI is InChI=1S/C16H32N2O2/c1-4-16(20,5-2)13-17-14(3)12-15(19)18-10-8-6-7-9-11-18/h14,17,20H,4-13H2,1-3H3. The van der Waals surface area contributed by atoms with Crippen LogP contribution in [-0.4, -0.2) is 47.2 Å². The average molecular weight is 284 g/mol. The van der Waals surface area contributed by atoms with Gasteiger partial charge < -0.3 is 15.3 Å². The van der Waals surface area contributed by atoms with Crippen LogP contribution in [0.4, 0.5) is 0 Å². The minimum Gasteiger partial charge on any atom is -0.389 e. The second-order valence-electron chi connectivity index (χ2n) is 6.21. The smallest absolute Gasteiger partial charge is 0.224 e. The zero-order valence-corrected chi connectivity index (χ0v) is 13.5. The van der Waals surface area contributed by atoms with Gasteiger partial charge in [-0.15, -0.1) is 0 Å². The van der Waals surface area contributed by atoms with E-state index in [2.05, 4.69) is 5.32 Å². The summed E-state index contributed by atoms with van der Waals surface area (Å²) in [5, 5.41) is 13.6. The second kappa shape index (κ2) is 8.63. The van der Waals surface area contributed by atoms with Gasteiger partial charge in [-0.1, -0.05) is 26.7 Å². The number of carbonyl (C=O) groups excluding carboxylic acids is 1. The van der Waals surface area contributed by atoms with E-state index < -0.39 is 5.60 Å². The fourth-order valence-electron chi connectivity index (χ4n) is 2.65. The van der Waals surface area contributed by atoms with Crippen LogP contribution < -0.4 is 5.32 Å². The summed E-state index contributed by atoms with van der Waals surface area (Å²) in [5.41, 5.74) is -0.639. The number of likely N-dealkylation sites (tertiary alicyclic amines) is 1. The zero-order valence-electron chi connectivity index (χ0n) is 13.5. The van der Waals surface area contributed by atoms with Gasteiger partial charge in [-0.3, -0.25) is 4.79 Å². The number of nitrogens with zero attached hydrogens (tertiary/aromatic N) is 1. The van der Waals surface area contributed by atoms with Crippen molar-refractivity contribution in [2.75, 3.05) is 19.6 Å². The second-order valence-corrected chi connectivity index (χ2v) is 6.21. The van der Waals surface area contributed by atoms with E-state index in [1.165, 1.54) is 12.8 Å². The molecule has 1 atom stereocenters. The Bertz CT molecular complexity index is 282. The normalized spacial score (nSPS) is 18.7. The van der Waals surface area contributed by atoms with Crippen LogP contribution in [0, 0.1) is 0 Å². The molecule has 0 bridgehead atoms. The molecule has 1 aliphatic heterocycles. The maximum Gasteiger partial charge on any atom is 0.224 e. The lowest BCUT2D eigenvalue weighted by Crippen LogP contribution is -2.45. The summed E-state index contributed by atoms with van der Waals surface area (Å²) in [4.78, 5) is 14.3. The van der Waals surface area contributed by atoms with Crippen molar-refractivity contribution >= 4 is 5.91 Å². The Balaban J connectivity index is 2.33. The molecule has 1 unspecified atom stereocenters. The minimum atomic E-state index is -0.639. The van der Waals surface area contributed by atoms with Crippen LogP contribution in [0.15, 0.2) is 0 Å². The van der Waals surface area contributed by atoms with Gasteiger partial charge in [0.15, 0.2) is 0 Å². The quantitative estimate of drug-likeness (QED) is 0.754. The molecule has 4 nitrogen and oxygen atoms in total. The first-order chi connectivity index (χ1) is 9.50. The van der Waals surface area contributed by atoms with Crippen molar-refractivity contribution in [2.24, 2.45) is 0 Å². The fourth-order valence-corrected chi connectivity index (χ4v) is 2.65. The molecule has 0 saturated carbocycles. The molecular weight excluding hydrogens is 252 g/mol. The molecule has 1 amide bonds. The molecule has 0 aromatic carbocycles. The molecule has 0 aliphatic carbocycles. The summed E-state index contributed by atoms with van der Waals surface area (Å²) in [5.74, 6) is 0.253. The molecular formula is C16H32N2O2. The van der Waals surface area contributed by atoms with Gasteiger partial charge in [-0.25, -0.2) is 0 Å². The van der Waals surface area contributed by atoms with E-state index >= 15 is 0 Å². The van der Waals surface area contributed by atoms with Crippen molar-refractivity contribution < 1.29 is 9.90 Å². The number of nitrogens with one attached hydrogen (secondary N) is 1. The maximum absolute atomic E-state index is 12.2. The van der Waals surface area contributed by atoms with E-state index in [9.17, 15) is 9.90 Å². The lowest BCUT2D eigenvalue weighted by atomic mass is 9.97. The maximum atomic E-state index is 12.2. The molecule has 2 N–H and O–H groups in total. The molecule has 0 aromatic heterocycles. The third kappa shape index (κ3) is 5.80. The number of aliphatic hydroxyl groups is 1. The van der Waals surface area contributed by atoms with Gasteiger partial charge in [0.1, 0.15) is 0 Å².